The average Bonchev–Trinajstić information content (AvgIpc) is 2.94. The summed E-state index contributed by atoms with van der Waals surface area (Å²) in [4.78, 5) is 14.6. The van der Waals surface area contributed by atoms with Crippen molar-refractivity contribution in [3.05, 3.63) is 40.7 Å². The van der Waals surface area contributed by atoms with Crippen molar-refractivity contribution in [1.29, 1.82) is 0 Å². The number of halogens is 1. The zero-order valence-corrected chi connectivity index (χ0v) is 13.4. The third kappa shape index (κ3) is 4.35. The number of non-ortho nitro benzene ring substituents is 1. The van der Waals surface area contributed by atoms with E-state index >= 15 is 0 Å². The van der Waals surface area contributed by atoms with Crippen LogP contribution in [0.5, 0.6) is 0 Å². The van der Waals surface area contributed by atoms with Gasteiger partial charge in [0, 0.05) is 29.6 Å². The van der Waals surface area contributed by atoms with E-state index in [0.29, 0.717) is 17.3 Å². The fourth-order valence-electron chi connectivity index (χ4n) is 1.98. The Labute approximate surface area is 131 Å². The van der Waals surface area contributed by atoms with Crippen LogP contribution < -0.4 is 0 Å². The first-order chi connectivity index (χ1) is 10.1. The number of alkyl halides is 1. The van der Waals surface area contributed by atoms with Gasteiger partial charge in [0.05, 0.1) is 4.92 Å². The Morgan fingerprint density at radius 1 is 1.43 bits per heavy atom. The molecule has 7 heteroatoms. The summed E-state index contributed by atoms with van der Waals surface area (Å²) in [7, 11) is 0. The van der Waals surface area contributed by atoms with Crippen LogP contribution in [0.3, 0.4) is 0 Å². The first kappa shape index (κ1) is 15.6. The van der Waals surface area contributed by atoms with E-state index in [1.807, 2.05) is 0 Å². The molecular weight excluding hydrogens is 336 g/mol. The molecule has 1 unspecified atom stereocenters. The summed E-state index contributed by atoms with van der Waals surface area (Å²) in [6.07, 6.45) is 3.84. The Morgan fingerprint density at radius 2 is 2.24 bits per heavy atom. The second kappa shape index (κ2) is 7.31. The molecule has 6 nitrogen and oxygen atoms in total. The molecule has 0 saturated carbocycles. The first-order valence-corrected chi connectivity index (χ1v) is 7.92. The van der Waals surface area contributed by atoms with Gasteiger partial charge >= 0.3 is 0 Å². The topological polar surface area (TPSA) is 73.8 Å². The lowest BCUT2D eigenvalue weighted by atomic mass is 10.1. The molecule has 0 fully saturated rings. The van der Waals surface area contributed by atoms with Gasteiger partial charge in [-0.05, 0) is 18.8 Å². The highest BCUT2D eigenvalue weighted by molar-refractivity contribution is 9.09. The summed E-state index contributed by atoms with van der Waals surface area (Å²) in [5.41, 5.74) is 0.714. The fraction of sp³-hybridized carbons (Fsp3) is 0.429. The Bertz CT molecular complexity index is 615. The van der Waals surface area contributed by atoms with Gasteiger partial charge in [-0.25, -0.2) is 4.98 Å². The third-order valence-corrected chi connectivity index (χ3v) is 3.76. The van der Waals surface area contributed by atoms with Crippen LogP contribution in [0.15, 0.2) is 30.6 Å². The second-order valence-corrected chi connectivity index (χ2v) is 5.80. The molecule has 2 rings (SSSR count). The van der Waals surface area contributed by atoms with Crippen LogP contribution in [0.25, 0.3) is 11.4 Å². The fourth-order valence-corrected chi connectivity index (χ4v) is 2.76. The highest BCUT2D eigenvalue weighted by Crippen LogP contribution is 2.20. The van der Waals surface area contributed by atoms with Crippen LogP contribution in [0, 0.1) is 16.0 Å². The predicted octanol–water partition coefficient (Wildman–Crippen LogP) is 3.66. The zero-order chi connectivity index (χ0) is 15.2. The minimum atomic E-state index is -0.414. The largest absolute Gasteiger partial charge is 0.270 e. The van der Waals surface area contributed by atoms with Crippen LogP contribution in [-0.2, 0) is 6.54 Å². The van der Waals surface area contributed by atoms with Crippen molar-refractivity contribution in [3.63, 3.8) is 0 Å². The maximum atomic E-state index is 10.8. The molecule has 0 radical (unpaired) electrons. The van der Waals surface area contributed by atoms with Crippen LogP contribution >= 0.6 is 15.9 Å². The second-order valence-electron chi connectivity index (χ2n) is 5.01. The number of hydrogen-bond donors (Lipinski definition) is 0. The van der Waals surface area contributed by atoms with E-state index in [1.165, 1.54) is 12.1 Å². The molecule has 112 valence electrons. The Hall–Kier alpha value is -1.76. The van der Waals surface area contributed by atoms with E-state index in [-0.39, 0.29) is 5.69 Å². The van der Waals surface area contributed by atoms with Crippen LogP contribution in [0.1, 0.15) is 19.8 Å². The van der Waals surface area contributed by atoms with Gasteiger partial charge in [-0.15, -0.1) is 0 Å². The molecule has 0 aliphatic rings. The lowest BCUT2D eigenvalue weighted by Crippen LogP contribution is -2.04. The number of rotatable bonds is 7. The van der Waals surface area contributed by atoms with Crippen LogP contribution in [-0.4, -0.2) is 25.0 Å². The Balaban J connectivity index is 2.06. The van der Waals surface area contributed by atoms with Crippen molar-refractivity contribution < 1.29 is 4.92 Å². The molecule has 1 heterocycles. The number of nitro groups is 1. The van der Waals surface area contributed by atoms with Crippen molar-refractivity contribution in [1.82, 2.24) is 14.8 Å². The van der Waals surface area contributed by atoms with Gasteiger partial charge in [0.2, 0.25) is 0 Å². The quantitative estimate of drug-likeness (QED) is 0.433. The highest BCUT2D eigenvalue weighted by atomic mass is 79.9. The summed E-state index contributed by atoms with van der Waals surface area (Å²) in [6.45, 7) is 3.01. The lowest BCUT2D eigenvalue weighted by molar-refractivity contribution is -0.384. The molecule has 1 aromatic carbocycles. The number of hydrogen-bond acceptors (Lipinski definition) is 4. The standard InChI is InChI=1S/C14H17BrN4O2/c1-11(5-7-15)6-8-18-10-16-14(17-18)12-3-2-4-13(9-12)19(20)21/h2-4,9-11H,5-8H2,1H3. The molecule has 0 aliphatic carbocycles. The van der Waals surface area contributed by atoms with Gasteiger partial charge in [0.15, 0.2) is 5.82 Å². The maximum Gasteiger partial charge on any atom is 0.270 e. The molecule has 0 aliphatic heterocycles. The smallest absolute Gasteiger partial charge is 0.258 e. The van der Waals surface area contributed by atoms with Crippen molar-refractivity contribution >= 4 is 21.6 Å². The molecule has 0 amide bonds. The van der Waals surface area contributed by atoms with Gasteiger partial charge in [0.1, 0.15) is 6.33 Å². The Morgan fingerprint density at radius 3 is 2.95 bits per heavy atom. The summed E-state index contributed by atoms with van der Waals surface area (Å²) in [5.74, 6) is 1.14. The van der Waals surface area contributed by atoms with Gasteiger partial charge < -0.3 is 0 Å². The third-order valence-electron chi connectivity index (χ3n) is 3.30. The van der Waals surface area contributed by atoms with Gasteiger partial charge in [0.25, 0.3) is 5.69 Å². The lowest BCUT2D eigenvalue weighted by Gasteiger charge is -2.08. The SMILES string of the molecule is CC(CCBr)CCn1cnc(-c2cccc([N+](=O)[O-])c2)n1. The molecule has 1 atom stereocenters. The summed E-state index contributed by atoms with van der Waals surface area (Å²) >= 11 is 3.44. The molecule has 2 aromatic rings. The molecule has 0 bridgehead atoms. The molecular formula is C14H17BrN4O2. The molecule has 0 spiro atoms. The monoisotopic (exact) mass is 352 g/mol. The normalized spacial score (nSPS) is 12.3. The zero-order valence-electron chi connectivity index (χ0n) is 11.8. The molecule has 0 saturated heterocycles. The average molecular weight is 353 g/mol. The summed E-state index contributed by atoms with van der Waals surface area (Å²) in [6, 6.07) is 6.38. The highest BCUT2D eigenvalue weighted by Gasteiger charge is 2.10. The number of aryl methyl sites for hydroxylation is 1. The predicted molar refractivity (Wildman–Crippen MR) is 84.3 cm³/mol. The summed E-state index contributed by atoms with van der Waals surface area (Å²) in [5, 5.41) is 16.2. The van der Waals surface area contributed by atoms with E-state index in [9.17, 15) is 10.1 Å². The van der Waals surface area contributed by atoms with Crippen molar-refractivity contribution in [2.75, 3.05) is 5.33 Å². The van der Waals surface area contributed by atoms with Gasteiger partial charge in [-0.2, -0.15) is 5.10 Å². The van der Waals surface area contributed by atoms with Crippen molar-refractivity contribution in [3.8, 4) is 11.4 Å². The van der Waals surface area contributed by atoms with E-state index in [2.05, 4.69) is 32.9 Å². The number of benzene rings is 1. The minimum absolute atomic E-state index is 0.0507. The number of nitro benzene ring substituents is 1. The van der Waals surface area contributed by atoms with E-state index in [4.69, 9.17) is 0 Å². The van der Waals surface area contributed by atoms with Crippen molar-refractivity contribution in [2.45, 2.75) is 26.3 Å². The van der Waals surface area contributed by atoms with Crippen LogP contribution in [0.4, 0.5) is 5.69 Å². The number of aromatic nitrogens is 3. The molecule has 21 heavy (non-hydrogen) atoms. The van der Waals surface area contributed by atoms with Crippen LogP contribution in [0.2, 0.25) is 0 Å². The number of nitrogens with zero attached hydrogens (tertiary/aromatic N) is 4. The van der Waals surface area contributed by atoms with Gasteiger partial charge in [-0.3, -0.25) is 14.8 Å². The van der Waals surface area contributed by atoms with E-state index < -0.39 is 4.92 Å². The maximum absolute atomic E-state index is 10.8. The minimum Gasteiger partial charge on any atom is -0.258 e. The first-order valence-electron chi connectivity index (χ1n) is 6.80. The summed E-state index contributed by atoms with van der Waals surface area (Å²) < 4.78 is 1.79. The van der Waals surface area contributed by atoms with E-state index in [1.54, 1.807) is 23.1 Å². The Kier molecular flexibility index (Phi) is 5.44. The van der Waals surface area contributed by atoms with Gasteiger partial charge in [-0.1, -0.05) is 35.0 Å². The molecule has 0 N–H and O–H groups in total. The molecule has 1 aromatic heterocycles. The van der Waals surface area contributed by atoms with Crippen molar-refractivity contribution in [2.24, 2.45) is 5.92 Å². The van der Waals surface area contributed by atoms with E-state index in [0.717, 1.165) is 24.7 Å².